The predicted octanol–water partition coefficient (Wildman–Crippen LogP) is 5.46. The van der Waals surface area contributed by atoms with Gasteiger partial charge in [-0.05, 0) is 65.3 Å². The summed E-state index contributed by atoms with van der Waals surface area (Å²) in [5.41, 5.74) is 2.45. The predicted molar refractivity (Wildman–Crippen MR) is 140 cm³/mol. The van der Waals surface area contributed by atoms with Crippen LogP contribution >= 0.6 is 0 Å². The first-order chi connectivity index (χ1) is 18.3. The minimum absolute atomic E-state index is 0.00947. The van der Waals surface area contributed by atoms with Crippen molar-refractivity contribution in [1.29, 1.82) is 0 Å². The van der Waals surface area contributed by atoms with Crippen molar-refractivity contribution in [3.05, 3.63) is 75.5 Å². The zero-order chi connectivity index (χ0) is 27.7. The third-order valence-corrected chi connectivity index (χ3v) is 7.57. The highest BCUT2D eigenvalue weighted by Crippen LogP contribution is 2.50. The lowest BCUT2D eigenvalue weighted by Crippen LogP contribution is -2.33. The Balaban J connectivity index is 1.46. The highest BCUT2D eigenvalue weighted by atomic mass is 19.4. The molecule has 1 aliphatic heterocycles. The van der Waals surface area contributed by atoms with Crippen LogP contribution in [-0.2, 0) is 23.9 Å². The lowest BCUT2D eigenvalue weighted by molar-refractivity contribution is -0.144. The summed E-state index contributed by atoms with van der Waals surface area (Å²) in [6, 6.07) is 10.1. The Labute approximate surface area is 221 Å². The molecular weight excluding hydrogens is 512 g/mol. The van der Waals surface area contributed by atoms with Crippen LogP contribution in [0.1, 0.15) is 50.3 Å². The van der Waals surface area contributed by atoms with Crippen molar-refractivity contribution in [3.8, 4) is 5.69 Å². The fraction of sp³-hybridized carbons (Fsp3) is 0.393. The third kappa shape index (κ3) is 4.58. The van der Waals surface area contributed by atoms with E-state index in [0.29, 0.717) is 10.2 Å². The molecule has 204 valence electrons. The maximum Gasteiger partial charge on any atom is 0.408 e. The van der Waals surface area contributed by atoms with Gasteiger partial charge >= 0.3 is 6.18 Å². The minimum Gasteiger partial charge on any atom is -0.324 e. The first-order valence-corrected chi connectivity index (χ1v) is 12.8. The molecule has 7 nitrogen and oxygen atoms in total. The van der Waals surface area contributed by atoms with Crippen LogP contribution in [0.4, 0.5) is 29.2 Å². The summed E-state index contributed by atoms with van der Waals surface area (Å²) in [5.74, 6) is -0.359. The molecule has 0 bridgehead atoms. The van der Waals surface area contributed by atoms with Crippen molar-refractivity contribution >= 4 is 22.7 Å². The molecule has 1 aliphatic carbocycles. The van der Waals surface area contributed by atoms with Gasteiger partial charge in [0.25, 0.3) is 5.56 Å². The number of benzene rings is 2. The van der Waals surface area contributed by atoms with Gasteiger partial charge < -0.3 is 10.6 Å². The van der Waals surface area contributed by atoms with Crippen LogP contribution in [0, 0.1) is 5.82 Å². The van der Waals surface area contributed by atoms with Gasteiger partial charge in [-0.2, -0.15) is 18.2 Å². The van der Waals surface area contributed by atoms with Gasteiger partial charge in [0, 0.05) is 30.4 Å². The number of fused-ring (bicyclic) bond motifs is 3. The second-order valence-electron chi connectivity index (χ2n) is 11.5. The van der Waals surface area contributed by atoms with E-state index in [1.54, 1.807) is 20.8 Å². The quantitative estimate of drug-likeness (QED) is 0.336. The molecule has 2 aromatic heterocycles. The Morgan fingerprint density at radius 2 is 1.87 bits per heavy atom. The summed E-state index contributed by atoms with van der Waals surface area (Å²) < 4.78 is 57.0. The number of hydrogen-bond donors (Lipinski definition) is 2. The number of rotatable bonds is 4. The lowest BCUT2D eigenvalue weighted by atomic mass is 9.86. The Bertz CT molecular complexity index is 1660. The van der Waals surface area contributed by atoms with Gasteiger partial charge in [-0.25, -0.2) is 18.7 Å². The summed E-state index contributed by atoms with van der Waals surface area (Å²) in [5, 5.41) is 6.53. The van der Waals surface area contributed by atoms with Crippen molar-refractivity contribution < 1.29 is 17.6 Å². The molecular formula is C28H28F4N6O. The van der Waals surface area contributed by atoms with Crippen LogP contribution in [-0.4, -0.2) is 32.1 Å². The maximum atomic E-state index is 14.7. The molecule has 2 aromatic carbocycles. The van der Waals surface area contributed by atoms with Crippen molar-refractivity contribution in [1.82, 2.24) is 24.6 Å². The van der Waals surface area contributed by atoms with Gasteiger partial charge in [-0.3, -0.25) is 4.79 Å². The van der Waals surface area contributed by atoms with E-state index in [4.69, 9.17) is 0 Å². The Kier molecular flexibility index (Phi) is 5.66. The molecule has 1 saturated carbocycles. The first-order valence-electron chi connectivity index (χ1n) is 12.8. The number of nitrogens with zero attached hydrogens (tertiary/aromatic N) is 4. The fourth-order valence-corrected chi connectivity index (χ4v) is 5.48. The van der Waals surface area contributed by atoms with Gasteiger partial charge in [0.2, 0.25) is 5.95 Å². The van der Waals surface area contributed by atoms with Crippen LogP contribution in [0.25, 0.3) is 16.7 Å². The molecule has 0 amide bonds. The highest BCUT2D eigenvalue weighted by molar-refractivity contribution is 5.77. The van der Waals surface area contributed by atoms with Crippen LogP contribution in [0.3, 0.4) is 0 Å². The van der Waals surface area contributed by atoms with E-state index in [2.05, 4.69) is 26.7 Å². The smallest absolute Gasteiger partial charge is 0.324 e. The normalized spacial score (nSPS) is 16.5. The molecule has 2 aliphatic rings. The number of halogens is 4. The molecule has 1 fully saturated rings. The molecule has 0 unspecified atom stereocenters. The van der Waals surface area contributed by atoms with Crippen LogP contribution in [0.5, 0.6) is 0 Å². The molecule has 0 saturated heterocycles. The summed E-state index contributed by atoms with van der Waals surface area (Å²) in [4.78, 5) is 21.8. The zero-order valence-corrected chi connectivity index (χ0v) is 21.8. The van der Waals surface area contributed by atoms with Crippen molar-refractivity contribution in [2.75, 3.05) is 11.9 Å². The van der Waals surface area contributed by atoms with Crippen molar-refractivity contribution in [2.24, 2.45) is 0 Å². The van der Waals surface area contributed by atoms with Gasteiger partial charge in [0.1, 0.15) is 17.7 Å². The largest absolute Gasteiger partial charge is 0.408 e. The number of anilines is 2. The van der Waals surface area contributed by atoms with Crippen LogP contribution in [0.2, 0.25) is 0 Å². The summed E-state index contributed by atoms with van der Waals surface area (Å²) >= 11 is 0. The average molecular weight is 541 g/mol. The topological polar surface area (TPSA) is 76.8 Å². The molecule has 0 atom stereocenters. The van der Waals surface area contributed by atoms with Gasteiger partial charge in [0.05, 0.1) is 5.69 Å². The van der Waals surface area contributed by atoms with E-state index in [1.165, 1.54) is 35.5 Å². The second-order valence-corrected chi connectivity index (χ2v) is 11.5. The zero-order valence-electron chi connectivity index (χ0n) is 21.8. The Hall–Kier alpha value is -3.73. The molecule has 6 rings (SSSR count). The van der Waals surface area contributed by atoms with Gasteiger partial charge in [0.15, 0.2) is 5.65 Å². The number of nitrogens with one attached hydrogen (secondary N) is 2. The first kappa shape index (κ1) is 25.5. The standard InChI is InChI=1S/C28H28F4N6O/c1-26(2,3)21-11-18(5-7-22(21)29)38-23-19(24(39)37(38)15-28(30,31)32)13-34-25(36-23)35-17-4-6-20-16(10-17)12-33-14-27(20)8-9-27/h4-7,10-11,13,33H,8-9,12,14-15H2,1-3H3,(H,34,35,36). The molecule has 1 spiro atoms. The van der Waals surface area contributed by atoms with E-state index in [0.717, 1.165) is 36.3 Å². The van der Waals surface area contributed by atoms with E-state index in [-0.39, 0.29) is 28.1 Å². The Morgan fingerprint density at radius 1 is 1.10 bits per heavy atom. The van der Waals surface area contributed by atoms with Crippen LogP contribution in [0.15, 0.2) is 47.4 Å². The van der Waals surface area contributed by atoms with E-state index >= 15 is 0 Å². The molecule has 4 aromatic rings. The minimum atomic E-state index is -4.67. The van der Waals surface area contributed by atoms with Crippen molar-refractivity contribution in [3.63, 3.8) is 0 Å². The summed E-state index contributed by atoms with van der Waals surface area (Å²) in [6.45, 7) is 5.58. The fourth-order valence-electron chi connectivity index (χ4n) is 5.48. The van der Waals surface area contributed by atoms with Gasteiger partial charge in [-0.1, -0.05) is 26.8 Å². The van der Waals surface area contributed by atoms with E-state index in [1.807, 2.05) is 12.1 Å². The molecule has 0 radical (unpaired) electrons. The van der Waals surface area contributed by atoms with Crippen LogP contribution < -0.4 is 16.2 Å². The molecule has 3 heterocycles. The third-order valence-electron chi connectivity index (χ3n) is 7.57. The van der Waals surface area contributed by atoms with Gasteiger partial charge in [-0.15, -0.1) is 0 Å². The van der Waals surface area contributed by atoms with Crippen molar-refractivity contribution in [2.45, 2.75) is 63.7 Å². The summed E-state index contributed by atoms with van der Waals surface area (Å²) in [6.07, 6.45) is -1.13. The number of aromatic nitrogens is 4. The maximum absolute atomic E-state index is 14.7. The Morgan fingerprint density at radius 3 is 2.56 bits per heavy atom. The monoisotopic (exact) mass is 540 g/mol. The second kappa shape index (κ2) is 8.64. The number of alkyl halides is 3. The molecule has 2 N–H and O–H groups in total. The average Bonchev–Trinajstić information content (AvgIpc) is 3.57. The number of hydrogen-bond acceptors (Lipinski definition) is 5. The molecule has 39 heavy (non-hydrogen) atoms. The summed E-state index contributed by atoms with van der Waals surface area (Å²) in [7, 11) is 0. The SMILES string of the molecule is CC(C)(C)c1cc(-n2c3nc(Nc4ccc5c(c4)CNCC54CC4)ncc3c(=O)n2CC(F)(F)F)ccc1F. The van der Waals surface area contributed by atoms with E-state index < -0.39 is 29.5 Å². The van der Waals surface area contributed by atoms with E-state index in [9.17, 15) is 22.4 Å². The lowest BCUT2D eigenvalue weighted by Gasteiger charge is -2.26. The molecule has 11 heteroatoms. The highest BCUT2D eigenvalue weighted by Gasteiger charge is 2.46.